The van der Waals surface area contributed by atoms with Crippen molar-refractivity contribution in [2.45, 2.75) is 32.6 Å². The van der Waals surface area contributed by atoms with Gasteiger partial charge in [-0.25, -0.2) is 4.98 Å². The molecule has 1 aliphatic rings. The minimum atomic E-state index is -0.0894. The molecule has 0 fully saturated rings. The molecular weight excluding hydrogens is 282 g/mol. The first-order valence-electron chi connectivity index (χ1n) is 7.26. The highest BCUT2D eigenvalue weighted by atomic mass is 32.1. The van der Waals surface area contributed by atoms with E-state index in [-0.39, 0.29) is 5.91 Å². The summed E-state index contributed by atoms with van der Waals surface area (Å²) in [5.74, 6) is -0.0894. The van der Waals surface area contributed by atoms with Gasteiger partial charge in [-0.05, 0) is 44.2 Å². The molecule has 0 unspecified atom stereocenters. The molecule has 1 aliphatic carbocycles. The van der Waals surface area contributed by atoms with E-state index >= 15 is 0 Å². The van der Waals surface area contributed by atoms with Crippen LogP contribution in [-0.4, -0.2) is 17.4 Å². The fourth-order valence-electron chi connectivity index (χ4n) is 2.75. The molecule has 0 radical (unpaired) electrons. The lowest BCUT2D eigenvalue weighted by Gasteiger charge is -2.05. The van der Waals surface area contributed by atoms with Gasteiger partial charge in [0.1, 0.15) is 9.71 Å². The Kier molecular flexibility index (Phi) is 3.92. The van der Waals surface area contributed by atoms with Crippen molar-refractivity contribution in [2.24, 2.45) is 0 Å². The van der Waals surface area contributed by atoms with E-state index in [1.807, 2.05) is 13.0 Å². The number of nitrogens with zero attached hydrogens (tertiary/aromatic N) is 1. The molecule has 3 rings (SSSR count). The number of nitrogens with one attached hydrogen (secondary N) is 1. The van der Waals surface area contributed by atoms with Crippen LogP contribution >= 0.6 is 11.3 Å². The number of hydrogen-bond donors (Lipinski definition) is 2. The standard InChI is InChI=1S/C16H19N3OS/c1-10-6-8-19-16-12(10)13(17)14(21-16)15(20)18-9-7-11-4-2-3-5-11/h4,6,8H,2-3,5,7,9,17H2,1H3,(H,18,20). The second kappa shape index (κ2) is 5.85. The number of carbonyl (C=O) groups is 1. The second-order valence-corrected chi connectivity index (χ2v) is 6.41. The van der Waals surface area contributed by atoms with Gasteiger partial charge in [0.2, 0.25) is 0 Å². The summed E-state index contributed by atoms with van der Waals surface area (Å²) in [4.78, 5) is 18.0. The third kappa shape index (κ3) is 2.78. The van der Waals surface area contributed by atoms with Crippen molar-refractivity contribution >= 4 is 33.1 Å². The summed E-state index contributed by atoms with van der Waals surface area (Å²) < 4.78 is 0. The average Bonchev–Trinajstić information content (AvgIpc) is 3.08. The van der Waals surface area contributed by atoms with Crippen LogP contribution in [0.4, 0.5) is 5.69 Å². The maximum Gasteiger partial charge on any atom is 0.263 e. The van der Waals surface area contributed by atoms with E-state index in [1.54, 1.807) is 6.20 Å². The Morgan fingerprint density at radius 3 is 3.10 bits per heavy atom. The number of rotatable bonds is 4. The van der Waals surface area contributed by atoms with Crippen LogP contribution in [0.3, 0.4) is 0 Å². The van der Waals surface area contributed by atoms with Gasteiger partial charge in [0.15, 0.2) is 0 Å². The summed E-state index contributed by atoms with van der Waals surface area (Å²) >= 11 is 1.37. The molecule has 110 valence electrons. The molecule has 0 aliphatic heterocycles. The van der Waals surface area contributed by atoms with Gasteiger partial charge in [-0.2, -0.15) is 0 Å². The molecule has 4 nitrogen and oxygen atoms in total. The number of fused-ring (bicyclic) bond motifs is 1. The van der Waals surface area contributed by atoms with Gasteiger partial charge in [0.25, 0.3) is 5.91 Å². The molecule has 1 amide bonds. The lowest BCUT2D eigenvalue weighted by atomic mass is 10.1. The topological polar surface area (TPSA) is 68.0 Å². The lowest BCUT2D eigenvalue weighted by molar-refractivity contribution is 0.0959. The van der Waals surface area contributed by atoms with Crippen molar-refractivity contribution in [1.82, 2.24) is 10.3 Å². The highest BCUT2D eigenvalue weighted by Gasteiger charge is 2.18. The molecule has 2 heterocycles. The minimum absolute atomic E-state index is 0.0894. The second-order valence-electron chi connectivity index (χ2n) is 5.41. The zero-order chi connectivity index (χ0) is 14.8. The SMILES string of the molecule is Cc1ccnc2sc(C(=O)NCCC3=CCCC3)c(N)c12. The minimum Gasteiger partial charge on any atom is -0.397 e. The smallest absolute Gasteiger partial charge is 0.263 e. The first-order valence-corrected chi connectivity index (χ1v) is 8.08. The molecule has 0 saturated carbocycles. The Bertz CT molecular complexity index is 718. The Labute approximate surface area is 128 Å². The Hall–Kier alpha value is -1.88. The molecule has 0 spiro atoms. The lowest BCUT2D eigenvalue weighted by Crippen LogP contribution is -2.24. The molecule has 0 aromatic carbocycles. The maximum atomic E-state index is 12.3. The van der Waals surface area contributed by atoms with Crippen LogP contribution in [0.2, 0.25) is 0 Å². The third-order valence-corrected chi connectivity index (χ3v) is 5.02. The van der Waals surface area contributed by atoms with Gasteiger partial charge in [0, 0.05) is 18.1 Å². The van der Waals surface area contributed by atoms with E-state index < -0.39 is 0 Å². The monoisotopic (exact) mass is 301 g/mol. The Morgan fingerprint density at radius 2 is 2.38 bits per heavy atom. The van der Waals surface area contributed by atoms with Crippen molar-refractivity contribution in [3.05, 3.63) is 34.4 Å². The van der Waals surface area contributed by atoms with E-state index in [4.69, 9.17) is 5.73 Å². The van der Waals surface area contributed by atoms with Crippen LogP contribution in [0.5, 0.6) is 0 Å². The van der Waals surface area contributed by atoms with Crippen molar-refractivity contribution < 1.29 is 4.79 Å². The highest BCUT2D eigenvalue weighted by molar-refractivity contribution is 7.21. The van der Waals surface area contributed by atoms with Crippen molar-refractivity contribution in [2.75, 3.05) is 12.3 Å². The maximum absolute atomic E-state index is 12.3. The number of nitrogens with two attached hydrogens (primary N) is 1. The summed E-state index contributed by atoms with van der Waals surface area (Å²) in [5.41, 5.74) is 9.20. The van der Waals surface area contributed by atoms with Crippen LogP contribution in [0.25, 0.3) is 10.2 Å². The third-order valence-electron chi connectivity index (χ3n) is 3.91. The molecule has 2 aromatic rings. The Balaban J connectivity index is 1.72. The van der Waals surface area contributed by atoms with E-state index in [1.165, 1.54) is 36.2 Å². The number of pyridine rings is 1. The van der Waals surface area contributed by atoms with Crippen LogP contribution in [0.1, 0.15) is 40.9 Å². The highest BCUT2D eigenvalue weighted by Crippen LogP contribution is 2.34. The zero-order valence-electron chi connectivity index (χ0n) is 12.1. The fraction of sp³-hybridized carbons (Fsp3) is 0.375. The van der Waals surface area contributed by atoms with E-state index in [2.05, 4.69) is 16.4 Å². The van der Waals surface area contributed by atoms with Crippen LogP contribution in [0.15, 0.2) is 23.9 Å². The summed E-state index contributed by atoms with van der Waals surface area (Å²) in [6, 6.07) is 1.92. The summed E-state index contributed by atoms with van der Waals surface area (Å²) in [7, 11) is 0. The van der Waals surface area contributed by atoms with Crippen LogP contribution in [0, 0.1) is 6.92 Å². The zero-order valence-corrected chi connectivity index (χ0v) is 12.9. The number of allylic oxidation sites excluding steroid dienone is 1. The number of nitrogen functional groups attached to an aromatic ring is 1. The molecule has 21 heavy (non-hydrogen) atoms. The number of amides is 1. The number of carbonyl (C=O) groups excluding carboxylic acids is 1. The van der Waals surface area contributed by atoms with Gasteiger partial charge in [-0.1, -0.05) is 11.6 Å². The molecular formula is C16H19N3OS. The van der Waals surface area contributed by atoms with Gasteiger partial charge in [-0.15, -0.1) is 11.3 Å². The largest absolute Gasteiger partial charge is 0.397 e. The number of thiophene rings is 1. The number of anilines is 1. The molecule has 0 bridgehead atoms. The van der Waals surface area contributed by atoms with Crippen LogP contribution in [-0.2, 0) is 0 Å². The molecule has 5 heteroatoms. The van der Waals surface area contributed by atoms with Crippen molar-refractivity contribution in [1.29, 1.82) is 0 Å². The summed E-state index contributed by atoms with van der Waals surface area (Å²) in [6.07, 6.45) is 8.57. The molecule has 2 aromatic heterocycles. The van der Waals surface area contributed by atoms with Crippen LogP contribution < -0.4 is 11.1 Å². The number of hydrogen-bond acceptors (Lipinski definition) is 4. The molecule has 3 N–H and O–H groups in total. The first kappa shape index (κ1) is 14.1. The van der Waals surface area contributed by atoms with Gasteiger partial charge < -0.3 is 11.1 Å². The van der Waals surface area contributed by atoms with E-state index in [0.29, 0.717) is 17.1 Å². The molecule has 0 atom stereocenters. The average molecular weight is 301 g/mol. The normalized spacial score (nSPS) is 14.4. The van der Waals surface area contributed by atoms with E-state index in [0.717, 1.165) is 22.2 Å². The predicted molar refractivity (Wildman–Crippen MR) is 87.7 cm³/mol. The van der Waals surface area contributed by atoms with Crippen molar-refractivity contribution in [3.8, 4) is 0 Å². The van der Waals surface area contributed by atoms with Gasteiger partial charge in [0.05, 0.1) is 5.69 Å². The molecule has 0 saturated heterocycles. The Morgan fingerprint density at radius 1 is 1.52 bits per heavy atom. The number of aromatic nitrogens is 1. The van der Waals surface area contributed by atoms with E-state index in [9.17, 15) is 4.79 Å². The van der Waals surface area contributed by atoms with Gasteiger partial charge >= 0.3 is 0 Å². The summed E-state index contributed by atoms with van der Waals surface area (Å²) in [6.45, 7) is 2.66. The predicted octanol–water partition coefficient (Wildman–Crippen LogP) is 3.42. The van der Waals surface area contributed by atoms with Gasteiger partial charge in [-0.3, -0.25) is 4.79 Å². The quantitative estimate of drug-likeness (QED) is 0.850. The van der Waals surface area contributed by atoms with Crippen molar-refractivity contribution in [3.63, 3.8) is 0 Å². The first-order chi connectivity index (χ1) is 10.2. The fourth-order valence-corrected chi connectivity index (χ4v) is 3.81. The number of aryl methyl sites for hydroxylation is 1. The summed E-state index contributed by atoms with van der Waals surface area (Å²) in [5, 5.41) is 3.88.